The van der Waals surface area contributed by atoms with E-state index < -0.39 is 13.7 Å². The molecule has 0 N–H and O–H groups in total. The topological polar surface area (TPSA) is 118 Å². The van der Waals surface area contributed by atoms with Gasteiger partial charge in [0.2, 0.25) is 11.7 Å². The van der Waals surface area contributed by atoms with Crippen molar-refractivity contribution in [2.45, 2.75) is 97.3 Å². The fourth-order valence-corrected chi connectivity index (χ4v) is 6.59. The Morgan fingerprint density at radius 2 is 1.80 bits per heavy atom. The van der Waals surface area contributed by atoms with Crippen LogP contribution >= 0.6 is 0 Å². The summed E-state index contributed by atoms with van der Waals surface area (Å²) in [4.78, 5) is 46.7. The van der Waals surface area contributed by atoms with Crippen LogP contribution < -0.4 is 0 Å². The summed E-state index contributed by atoms with van der Waals surface area (Å²) in [6.45, 7) is 17.1. The highest BCUT2D eigenvalue weighted by atomic mass is 28.3. The SMILES string of the molecule is CC(=O)N1CCC(c2ccc(CC(=O)c3nc(C#N)cn3COCC[Si](C)(C)C)c(C3=CCCN(C(=O)OC(C)(C)C)C3)c2)CC1. The predicted octanol–water partition coefficient (Wildman–Crippen LogP) is 6.24. The van der Waals surface area contributed by atoms with Crippen LogP contribution in [0.1, 0.15) is 85.9 Å². The molecule has 0 bridgehead atoms. The van der Waals surface area contributed by atoms with Gasteiger partial charge in [0.25, 0.3) is 0 Å². The number of nitriles is 1. The van der Waals surface area contributed by atoms with Crippen molar-refractivity contribution in [3.05, 3.63) is 58.7 Å². The van der Waals surface area contributed by atoms with Crippen molar-refractivity contribution in [1.82, 2.24) is 19.4 Å². The number of carbonyl (C=O) groups excluding carboxylic acids is 3. The quantitative estimate of drug-likeness (QED) is 0.170. The first kappa shape index (κ1) is 35.1. The highest BCUT2D eigenvalue weighted by Crippen LogP contribution is 2.33. The second-order valence-electron chi connectivity index (χ2n) is 14.6. The molecule has 1 saturated heterocycles. The molecular weight excluding hydrogens is 599 g/mol. The molecule has 2 amide bonds. The molecule has 11 heteroatoms. The molecule has 1 aromatic heterocycles. The number of nitrogens with zero attached hydrogens (tertiary/aromatic N) is 5. The van der Waals surface area contributed by atoms with Crippen LogP contribution in [0, 0.1) is 11.3 Å². The van der Waals surface area contributed by atoms with Crippen molar-refractivity contribution in [2.24, 2.45) is 0 Å². The van der Waals surface area contributed by atoms with E-state index in [-0.39, 0.29) is 48.4 Å². The molecule has 1 fully saturated rings. The molecule has 0 saturated carbocycles. The summed E-state index contributed by atoms with van der Waals surface area (Å²) >= 11 is 0. The van der Waals surface area contributed by atoms with E-state index in [2.05, 4.69) is 48.9 Å². The Labute approximate surface area is 274 Å². The second kappa shape index (κ2) is 14.8. The zero-order valence-electron chi connectivity index (χ0n) is 28.5. The molecule has 0 aliphatic carbocycles. The van der Waals surface area contributed by atoms with Gasteiger partial charge in [-0.2, -0.15) is 5.26 Å². The van der Waals surface area contributed by atoms with Gasteiger partial charge in [-0.15, -0.1) is 0 Å². The summed E-state index contributed by atoms with van der Waals surface area (Å²) in [6, 6.07) is 9.30. The number of piperidine rings is 1. The largest absolute Gasteiger partial charge is 0.444 e. The van der Waals surface area contributed by atoms with Crippen LogP contribution in [0.5, 0.6) is 0 Å². The van der Waals surface area contributed by atoms with Gasteiger partial charge in [-0.05, 0) is 74.3 Å². The lowest BCUT2D eigenvalue weighted by molar-refractivity contribution is -0.129. The van der Waals surface area contributed by atoms with E-state index in [1.807, 2.05) is 31.7 Å². The summed E-state index contributed by atoms with van der Waals surface area (Å²) in [5, 5.41) is 9.54. The highest BCUT2D eigenvalue weighted by molar-refractivity contribution is 6.76. The minimum Gasteiger partial charge on any atom is -0.444 e. The van der Waals surface area contributed by atoms with E-state index >= 15 is 0 Å². The highest BCUT2D eigenvalue weighted by Gasteiger charge is 2.28. The molecule has 2 aliphatic rings. The van der Waals surface area contributed by atoms with E-state index in [0.29, 0.717) is 39.2 Å². The predicted molar refractivity (Wildman–Crippen MR) is 180 cm³/mol. The monoisotopic (exact) mass is 647 g/mol. The minimum absolute atomic E-state index is 0.0823. The normalized spacial score (nSPS) is 16.2. The fourth-order valence-electron chi connectivity index (χ4n) is 5.83. The summed E-state index contributed by atoms with van der Waals surface area (Å²) in [7, 11) is -1.28. The molecule has 1 aromatic carbocycles. The first-order valence-corrected chi connectivity index (χ1v) is 20.0. The molecule has 46 heavy (non-hydrogen) atoms. The Bertz CT molecular complexity index is 1500. The fraction of sp³-hybridized carbons (Fsp3) is 0.571. The third-order valence-electron chi connectivity index (χ3n) is 8.41. The Hall–Kier alpha value is -3.75. The van der Waals surface area contributed by atoms with Crippen molar-refractivity contribution in [2.75, 3.05) is 32.8 Å². The van der Waals surface area contributed by atoms with Gasteiger partial charge in [0.1, 0.15) is 18.4 Å². The Balaban J connectivity index is 1.61. The molecule has 0 atom stereocenters. The minimum atomic E-state index is -1.28. The number of rotatable bonds is 10. The summed E-state index contributed by atoms with van der Waals surface area (Å²) in [6.07, 6.45) is 5.85. The van der Waals surface area contributed by atoms with Crippen molar-refractivity contribution >= 4 is 31.4 Å². The number of imidazole rings is 1. The number of ether oxygens (including phenoxy) is 2. The third-order valence-corrected chi connectivity index (χ3v) is 10.1. The number of carbonyl (C=O) groups is 3. The van der Waals surface area contributed by atoms with E-state index in [1.165, 1.54) is 0 Å². The summed E-state index contributed by atoms with van der Waals surface area (Å²) in [5.74, 6) is 0.376. The molecule has 0 radical (unpaired) electrons. The van der Waals surface area contributed by atoms with Gasteiger partial charge in [-0.1, -0.05) is 43.9 Å². The van der Waals surface area contributed by atoms with Gasteiger partial charge in [0.05, 0.1) is 0 Å². The van der Waals surface area contributed by atoms with E-state index in [0.717, 1.165) is 41.1 Å². The van der Waals surface area contributed by atoms with Crippen molar-refractivity contribution in [1.29, 1.82) is 5.26 Å². The molecule has 10 nitrogen and oxygen atoms in total. The molecule has 0 unspecified atom stereocenters. The van der Waals surface area contributed by atoms with Crippen LogP contribution in [-0.2, 0) is 27.4 Å². The van der Waals surface area contributed by atoms with Crippen molar-refractivity contribution < 1.29 is 23.9 Å². The molecule has 2 aromatic rings. The maximum Gasteiger partial charge on any atom is 0.410 e. The van der Waals surface area contributed by atoms with E-state index in [1.54, 1.807) is 22.6 Å². The zero-order valence-corrected chi connectivity index (χ0v) is 29.5. The zero-order chi connectivity index (χ0) is 33.6. The Morgan fingerprint density at radius 1 is 1.09 bits per heavy atom. The number of hydrogen-bond acceptors (Lipinski definition) is 7. The van der Waals surface area contributed by atoms with Crippen LogP contribution in [0.3, 0.4) is 0 Å². The number of hydrogen-bond donors (Lipinski definition) is 0. The molecule has 2 aliphatic heterocycles. The number of Topliss-reactive ketones (excluding diaryl/α,β-unsaturated/α-hetero) is 1. The lowest BCUT2D eigenvalue weighted by Gasteiger charge is -2.33. The standard InChI is InChI=1S/C35H49N5O5Si/c1-25(41)38-15-12-26(13-16-38)27-10-11-28(31(19-27)29-9-8-14-39(22-29)34(43)45-35(2,3)4)20-32(42)33-37-30(21-36)23-40(33)24-44-17-18-46(5,6)7/h9-11,19,23,26H,8,12-18,20,22,24H2,1-7H3. The number of likely N-dealkylation sites (tertiary alicyclic amines) is 1. The first-order valence-electron chi connectivity index (χ1n) is 16.3. The maximum atomic E-state index is 13.8. The number of benzene rings is 1. The third kappa shape index (κ3) is 9.63. The number of aromatic nitrogens is 2. The van der Waals surface area contributed by atoms with Crippen LogP contribution in [0.15, 0.2) is 30.5 Å². The van der Waals surface area contributed by atoms with Gasteiger partial charge >= 0.3 is 6.09 Å². The molecular formula is C35H49N5O5Si. The summed E-state index contributed by atoms with van der Waals surface area (Å²) < 4.78 is 13.2. The molecule has 3 heterocycles. The average molecular weight is 648 g/mol. The maximum absolute atomic E-state index is 13.8. The van der Waals surface area contributed by atoms with Gasteiger partial charge < -0.3 is 23.8 Å². The lowest BCUT2D eigenvalue weighted by atomic mass is 9.85. The Morgan fingerprint density at radius 3 is 2.43 bits per heavy atom. The van der Waals surface area contributed by atoms with Crippen molar-refractivity contribution in [3.63, 3.8) is 0 Å². The first-order chi connectivity index (χ1) is 21.6. The van der Waals surface area contributed by atoms with Gasteiger partial charge in [0, 0.05) is 60.4 Å². The molecule has 4 rings (SSSR count). The van der Waals surface area contributed by atoms with Crippen molar-refractivity contribution in [3.8, 4) is 6.07 Å². The Kier molecular flexibility index (Phi) is 11.3. The van der Waals surface area contributed by atoms with Gasteiger partial charge in [0.15, 0.2) is 11.5 Å². The molecule has 248 valence electrons. The van der Waals surface area contributed by atoms with Gasteiger partial charge in [-0.25, -0.2) is 9.78 Å². The van der Waals surface area contributed by atoms with Crippen LogP contribution in [-0.4, -0.2) is 83.6 Å². The van der Waals surface area contributed by atoms with E-state index in [9.17, 15) is 19.6 Å². The van der Waals surface area contributed by atoms with Gasteiger partial charge in [-0.3, -0.25) is 9.59 Å². The van der Waals surface area contributed by atoms with E-state index in [4.69, 9.17) is 9.47 Å². The van der Waals surface area contributed by atoms with Crippen LogP contribution in [0.2, 0.25) is 25.7 Å². The van der Waals surface area contributed by atoms with Crippen LogP contribution in [0.25, 0.3) is 5.57 Å². The second-order valence-corrected chi connectivity index (χ2v) is 20.2. The summed E-state index contributed by atoms with van der Waals surface area (Å²) in [5.41, 5.74) is 3.46. The lowest BCUT2D eigenvalue weighted by Crippen LogP contribution is -2.39. The van der Waals surface area contributed by atoms with Crippen LogP contribution in [0.4, 0.5) is 4.79 Å². The number of ketones is 1. The average Bonchev–Trinajstić information content (AvgIpc) is 3.42. The smallest absolute Gasteiger partial charge is 0.410 e. The number of amides is 2. The molecule has 0 spiro atoms.